The average Bonchev–Trinajstić information content (AvgIpc) is 2.53. The Morgan fingerprint density at radius 2 is 1.64 bits per heavy atom. The number of methoxy groups -OCH3 is 1. The van der Waals surface area contributed by atoms with Gasteiger partial charge in [-0.25, -0.2) is 4.79 Å². The average molecular weight is 320 g/mol. The SMILES string of the molecule is CCCCCCCCOC1OC(C(=O)OC)C(O)C(O)C1O. The number of unbranched alkanes of at least 4 members (excludes halogenated alkanes) is 5. The van der Waals surface area contributed by atoms with Gasteiger partial charge in [0.1, 0.15) is 18.3 Å². The maximum Gasteiger partial charge on any atom is 0.337 e. The zero-order valence-electron chi connectivity index (χ0n) is 13.3. The zero-order chi connectivity index (χ0) is 16.5. The summed E-state index contributed by atoms with van der Waals surface area (Å²) in [5.74, 6) is -0.813. The third-order valence-electron chi connectivity index (χ3n) is 3.78. The van der Waals surface area contributed by atoms with Crippen LogP contribution in [0, 0.1) is 0 Å². The quantitative estimate of drug-likeness (QED) is 0.415. The second-order valence-electron chi connectivity index (χ2n) is 5.56. The lowest BCUT2D eigenvalue weighted by atomic mass is 9.99. The first-order chi connectivity index (χ1) is 10.5. The number of aliphatic hydroxyl groups is 3. The second-order valence-corrected chi connectivity index (χ2v) is 5.56. The van der Waals surface area contributed by atoms with E-state index in [0.717, 1.165) is 26.4 Å². The third kappa shape index (κ3) is 5.48. The lowest BCUT2D eigenvalue weighted by Crippen LogP contribution is -2.60. The number of hydrogen-bond acceptors (Lipinski definition) is 7. The van der Waals surface area contributed by atoms with E-state index < -0.39 is 36.7 Å². The minimum absolute atomic E-state index is 0.352. The number of carbonyl (C=O) groups is 1. The van der Waals surface area contributed by atoms with Gasteiger partial charge < -0.3 is 29.5 Å². The maximum atomic E-state index is 11.5. The van der Waals surface area contributed by atoms with Crippen molar-refractivity contribution in [1.29, 1.82) is 0 Å². The summed E-state index contributed by atoms with van der Waals surface area (Å²) in [6.07, 6.45) is -0.460. The normalized spacial score (nSPS) is 32.0. The number of carbonyl (C=O) groups excluding carboxylic acids is 1. The fraction of sp³-hybridized carbons (Fsp3) is 0.933. The summed E-state index contributed by atoms with van der Waals surface area (Å²) < 4.78 is 15.1. The van der Waals surface area contributed by atoms with Crippen LogP contribution in [0.3, 0.4) is 0 Å². The van der Waals surface area contributed by atoms with Gasteiger partial charge in [0.15, 0.2) is 12.4 Å². The highest BCUT2D eigenvalue weighted by molar-refractivity contribution is 5.75. The van der Waals surface area contributed by atoms with E-state index in [9.17, 15) is 20.1 Å². The van der Waals surface area contributed by atoms with Crippen molar-refractivity contribution in [3.8, 4) is 0 Å². The molecule has 22 heavy (non-hydrogen) atoms. The third-order valence-corrected chi connectivity index (χ3v) is 3.78. The van der Waals surface area contributed by atoms with Crippen LogP contribution in [0.4, 0.5) is 0 Å². The number of hydrogen-bond donors (Lipinski definition) is 3. The second kappa shape index (κ2) is 10.1. The summed E-state index contributed by atoms with van der Waals surface area (Å²) in [5.41, 5.74) is 0. The van der Waals surface area contributed by atoms with Crippen molar-refractivity contribution in [2.24, 2.45) is 0 Å². The molecule has 1 heterocycles. The first-order valence-electron chi connectivity index (χ1n) is 7.92. The minimum atomic E-state index is -1.55. The van der Waals surface area contributed by atoms with Gasteiger partial charge in [0.05, 0.1) is 7.11 Å². The van der Waals surface area contributed by atoms with Crippen molar-refractivity contribution in [2.75, 3.05) is 13.7 Å². The van der Waals surface area contributed by atoms with Crippen LogP contribution in [0.5, 0.6) is 0 Å². The Balaban J connectivity index is 2.36. The molecule has 0 bridgehead atoms. The molecule has 0 amide bonds. The lowest BCUT2D eigenvalue weighted by Gasteiger charge is -2.38. The predicted molar refractivity (Wildman–Crippen MR) is 78.0 cm³/mol. The molecule has 3 N–H and O–H groups in total. The summed E-state index contributed by atoms with van der Waals surface area (Å²) in [7, 11) is 1.15. The maximum absolute atomic E-state index is 11.5. The van der Waals surface area contributed by atoms with Gasteiger partial charge in [-0.15, -0.1) is 0 Å². The molecular weight excluding hydrogens is 292 g/mol. The van der Waals surface area contributed by atoms with Gasteiger partial charge in [-0.1, -0.05) is 39.0 Å². The Bertz CT molecular complexity index is 323. The highest BCUT2D eigenvalue weighted by atomic mass is 16.7. The zero-order valence-corrected chi connectivity index (χ0v) is 13.3. The Labute approximate surface area is 131 Å². The Morgan fingerprint density at radius 3 is 2.27 bits per heavy atom. The molecule has 0 aromatic rings. The first-order valence-corrected chi connectivity index (χ1v) is 7.92. The van der Waals surface area contributed by atoms with Gasteiger partial charge >= 0.3 is 5.97 Å². The molecule has 1 fully saturated rings. The van der Waals surface area contributed by atoms with Gasteiger partial charge in [-0.2, -0.15) is 0 Å². The van der Waals surface area contributed by atoms with Gasteiger partial charge in [0.2, 0.25) is 0 Å². The van der Waals surface area contributed by atoms with E-state index in [2.05, 4.69) is 11.7 Å². The van der Waals surface area contributed by atoms with E-state index in [0.29, 0.717) is 6.61 Å². The van der Waals surface area contributed by atoms with E-state index in [1.807, 2.05) is 0 Å². The summed E-state index contributed by atoms with van der Waals surface area (Å²) >= 11 is 0. The van der Waals surface area contributed by atoms with Gasteiger partial charge in [0.25, 0.3) is 0 Å². The van der Waals surface area contributed by atoms with Crippen LogP contribution in [-0.4, -0.2) is 65.7 Å². The number of aliphatic hydroxyl groups excluding tert-OH is 3. The highest BCUT2D eigenvalue weighted by Gasteiger charge is 2.47. The Hall–Kier alpha value is -0.730. The molecule has 0 radical (unpaired) electrons. The summed E-state index contributed by atoms with van der Waals surface area (Å²) in [4.78, 5) is 11.5. The van der Waals surface area contributed by atoms with E-state index in [1.54, 1.807) is 0 Å². The standard InChI is InChI=1S/C15H28O7/c1-3-4-5-6-7-8-9-21-15-12(18)10(16)11(17)13(22-15)14(19)20-2/h10-13,15-18H,3-9H2,1-2H3. The van der Waals surface area contributed by atoms with Crippen molar-refractivity contribution >= 4 is 5.97 Å². The van der Waals surface area contributed by atoms with Crippen molar-refractivity contribution in [2.45, 2.75) is 76.2 Å². The molecule has 5 atom stereocenters. The molecule has 1 aliphatic rings. The molecule has 5 unspecified atom stereocenters. The highest BCUT2D eigenvalue weighted by Crippen LogP contribution is 2.23. The molecule has 1 rings (SSSR count). The number of esters is 1. The molecular formula is C15H28O7. The van der Waals surface area contributed by atoms with Crippen LogP contribution in [0.15, 0.2) is 0 Å². The summed E-state index contributed by atoms with van der Waals surface area (Å²) in [6.45, 7) is 2.51. The van der Waals surface area contributed by atoms with Crippen LogP contribution < -0.4 is 0 Å². The smallest absolute Gasteiger partial charge is 0.337 e. The monoisotopic (exact) mass is 320 g/mol. The van der Waals surface area contributed by atoms with Gasteiger partial charge in [-0.05, 0) is 6.42 Å². The molecule has 0 aromatic carbocycles. The van der Waals surface area contributed by atoms with Crippen LogP contribution in [0.2, 0.25) is 0 Å². The Morgan fingerprint density at radius 1 is 1.00 bits per heavy atom. The first kappa shape index (κ1) is 19.3. The van der Waals surface area contributed by atoms with Crippen LogP contribution in [-0.2, 0) is 19.0 Å². The molecule has 0 spiro atoms. The fourth-order valence-corrected chi connectivity index (χ4v) is 2.38. The number of ether oxygens (including phenoxy) is 3. The molecule has 0 saturated carbocycles. The molecule has 7 nitrogen and oxygen atoms in total. The van der Waals surface area contributed by atoms with Gasteiger partial charge in [-0.3, -0.25) is 0 Å². The molecule has 7 heteroatoms. The predicted octanol–water partition coefficient (Wildman–Crippen LogP) is 0.344. The van der Waals surface area contributed by atoms with Crippen LogP contribution in [0.25, 0.3) is 0 Å². The Kier molecular flexibility index (Phi) is 8.89. The van der Waals surface area contributed by atoms with Gasteiger partial charge in [0, 0.05) is 6.61 Å². The van der Waals surface area contributed by atoms with E-state index in [-0.39, 0.29) is 0 Å². The van der Waals surface area contributed by atoms with E-state index in [4.69, 9.17) is 9.47 Å². The number of rotatable bonds is 9. The summed E-state index contributed by atoms with van der Waals surface area (Å²) in [6, 6.07) is 0. The van der Waals surface area contributed by atoms with E-state index >= 15 is 0 Å². The van der Waals surface area contributed by atoms with E-state index in [1.165, 1.54) is 19.3 Å². The molecule has 130 valence electrons. The molecule has 1 aliphatic heterocycles. The largest absolute Gasteiger partial charge is 0.467 e. The van der Waals surface area contributed by atoms with Crippen LogP contribution >= 0.6 is 0 Å². The van der Waals surface area contributed by atoms with Crippen molar-refractivity contribution in [1.82, 2.24) is 0 Å². The topological polar surface area (TPSA) is 105 Å². The molecule has 0 aromatic heterocycles. The van der Waals surface area contributed by atoms with Crippen molar-refractivity contribution < 1.29 is 34.3 Å². The lowest BCUT2D eigenvalue weighted by molar-refractivity contribution is -0.294. The van der Waals surface area contributed by atoms with Crippen LogP contribution in [0.1, 0.15) is 45.4 Å². The minimum Gasteiger partial charge on any atom is -0.467 e. The van der Waals surface area contributed by atoms with Crippen molar-refractivity contribution in [3.05, 3.63) is 0 Å². The fourth-order valence-electron chi connectivity index (χ4n) is 2.38. The van der Waals surface area contributed by atoms with Crippen molar-refractivity contribution in [3.63, 3.8) is 0 Å². The molecule has 1 saturated heterocycles. The summed E-state index contributed by atoms with van der Waals surface area (Å²) in [5, 5.41) is 29.3. The molecule has 0 aliphatic carbocycles.